The summed E-state index contributed by atoms with van der Waals surface area (Å²) in [5.74, 6) is 0. The van der Waals surface area contributed by atoms with Crippen molar-refractivity contribution in [3.05, 3.63) is 59.2 Å². The van der Waals surface area contributed by atoms with Gasteiger partial charge in [-0.05, 0) is 37.9 Å². The smallest absolute Gasteiger partial charge is 0.0490 e. The molecule has 23 heavy (non-hydrogen) atoms. The molecule has 0 spiro atoms. The van der Waals surface area contributed by atoms with Crippen LogP contribution in [-0.2, 0) is 13.1 Å². The van der Waals surface area contributed by atoms with Crippen molar-refractivity contribution in [2.24, 2.45) is 5.73 Å². The number of fused-ring (bicyclic) bond motifs is 1. The quantitative estimate of drug-likeness (QED) is 0.769. The van der Waals surface area contributed by atoms with E-state index in [2.05, 4.69) is 60.0 Å². The molecule has 1 heterocycles. The van der Waals surface area contributed by atoms with Gasteiger partial charge in [0.1, 0.15) is 0 Å². The van der Waals surface area contributed by atoms with Gasteiger partial charge in [-0.3, -0.25) is 0 Å². The number of rotatable bonds is 5. The molecule has 0 saturated heterocycles. The van der Waals surface area contributed by atoms with Gasteiger partial charge in [0.15, 0.2) is 0 Å². The normalized spacial score (nSPS) is 11.5. The fraction of sp³-hybridized carbons (Fsp3) is 0.263. The van der Waals surface area contributed by atoms with Gasteiger partial charge in [0.05, 0.1) is 0 Å². The number of benzene rings is 2. The zero-order valence-electron chi connectivity index (χ0n) is 13.6. The topological polar surface area (TPSA) is 34.2 Å². The van der Waals surface area contributed by atoms with Gasteiger partial charge in [0, 0.05) is 46.8 Å². The average molecular weight is 328 g/mol. The Morgan fingerprint density at radius 2 is 1.83 bits per heavy atom. The highest BCUT2D eigenvalue weighted by Crippen LogP contribution is 2.36. The minimum atomic E-state index is 0.612. The summed E-state index contributed by atoms with van der Waals surface area (Å²) in [6.45, 7) is 2.27. The zero-order valence-corrected chi connectivity index (χ0v) is 14.3. The molecule has 1 aromatic heterocycles. The molecular weight excluding hydrogens is 306 g/mol. The third-order valence-corrected chi connectivity index (χ3v) is 4.25. The first-order valence-electron chi connectivity index (χ1n) is 7.82. The summed E-state index contributed by atoms with van der Waals surface area (Å²) in [5, 5.41) is 1.95. The molecule has 2 N–H and O–H groups in total. The lowest BCUT2D eigenvalue weighted by Crippen LogP contribution is -2.18. The third kappa shape index (κ3) is 3.13. The number of nitrogens with two attached hydrogens (primary N) is 1. The molecule has 0 bridgehead atoms. The number of hydrogen-bond donors (Lipinski definition) is 1. The maximum absolute atomic E-state index is 6.28. The molecule has 0 unspecified atom stereocenters. The lowest BCUT2D eigenvalue weighted by atomic mass is 10.0. The molecule has 0 aliphatic rings. The van der Waals surface area contributed by atoms with E-state index in [0.717, 1.165) is 18.1 Å². The van der Waals surface area contributed by atoms with E-state index in [-0.39, 0.29) is 0 Å². The third-order valence-electron chi connectivity index (χ3n) is 4.01. The van der Waals surface area contributed by atoms with Gasteiger partial charge in [0.25, 0.3) is 0 Å². The first-order valence-corrected chi connectivity index (χ1v) is 8.20. The Kier molecular flexibility index (Phi) is 4.71. The Morgan fingerprint density at radius 1 is 1.09 bits per heavy atom. The molecule has 3 nitrogen and oxygen atoms in total. The van der Waals surface area contributed by atoms with Crippen LogP contribution in [-0.4, -0.2) is 30.1 Å². The van der Waals surface area contributed by atoms with Crippen LogP contribution in [0.4, 0.5) is 0 Å². The number of nitrogens with zero attached hydrogens (tertiary/aromatic N) is 2. The maximum Gasteiger partial charge on any atom is 0.0490 e. The molecule has 0 aliphatic heterocycles. The van der Waals surface area contributed by atoms with E-state index in [0.29, 0.717) is 6.54 Å². The fourth-order valence-corrected chi connectivity index (χ4v) is 3.33. The van der Waals surface area contributed by atoms with Crippen molar-refractivity contribution in [3.63, 3.8) is 0 Å². The molecule has 0 atom stereocenters. The second kappa shape index (κ2) is 6.75. The van der Waals surface area contributed by atoms with Crippen molar-refractivity contribution < 1.29 is 0 Å². The monoisotopic (exact) mass is 327 g/mol. The molecule has 0 aliphatic carbocycles. The highest BCUT2D eigenvalue weighted by atomic mass is 35.5. The lowest BCUT2D eigenvalue weighted by Gasteiger charge is -2.16. The van der Waals surface area contributed by atoms with Crippen molar-refractivity contribution in [2.45, 2.75) is 13.1 Å². The molecule has 4 heteroatoms. The summed E-state index contributed by atoms with van der Waals surface area (Å²) in [7, 11) is 4.18. The van der Waals surface area contributed by atoms with E-state index < -0.39 is 0 Å². The molecule has 3 aromatic rings. The largest absolute Gasteiger partial charge is 0.341 e. The Morgan fingerprint density at radius 3 is 2.48 bits per heavy atom. The molecular formula is C19H22ClN3. The first kappa shape index (κ1) is 16.1. The molecule has 2 aromatic carbocycles. The molecule has 0 amide bonds. The minimum absolute atomic E-state index is 0.612. The van der Waals surface area contributed by atoms with Crippen molar-refractivity contribution in [2.75, 3.05) is 20.6 Å². The van der Waals surface area contributed by atoms with Crippen LogP contribution in [0.5, 0.6) is 0 Å². The van der Waals surface area contributed by atoms with Gasteiger partial charge in [-0.25, -0.2) is 0 Å². The first-order chi connectivity index (χ1) is 11.1. The van der Waals surface area contributed by atoms with Crippen LogP contribution in [0.15, 0.2) is 48.5 Å². The van der Waals surface area contributed by atoms with Crippen molar-refractivity contribution in [1.82, 2.24) is 9.47 Å². The van der Waals surface area contributed by atoms with Crippen LogP contribution in [0.3, 0.4) is 0 Å². The summed E-state index contributed by atoms with van der Waals surface area (Å²) in [4.78, 5) is 2.19. The van der Waals surface area contributed by atoms with E-state index in [1.807, 2.05) is 12.1 Å². The molecule has 120 valence electrons. The summed E-state index contributed by atoms with van der Waals surface area (Å²) in [6.07, 6.45) is 0. The second-order valence-electron chi connectivity index (χ2n) is 6.03. The molecule has 0 fully saturated rings. The number of hydrogen-bond acceptors (Lipinski definition) is 2. The van der Waals surface area contributed by atoms with Crippen LogP contribution >= 0.6 is 11.6 Å². The van der Waals surface area contributed by atoms with Crippen LogP contribution in [0.25, 0.3) is 22.0 Å². The van der Waals surface area contributed by atoms with Crippen molar-refractivity contribution >= 4 is 22.5 Å². The van der Waals surface area contributed by atoms with Gasteiger partial charge < -0.3 is 15.2 Å². The van der Waals surface area contributed by atoms with Gasteiger partial charge in [-0.1, -0.05) is 41.9 Å². The Hall–Kier alpha value is -1.81. The van der Waals surface area contributed by atoms with E-state index in [9.17, 15) is 0 Å². The van der Waals surface area contributed by atoms with E-state index in [1.54, 1.807) is 0 Å². The second-order valence-corrected chi connectivity index (χ2v) is 6.46. The van der Waals surface area contributed by atoms with Crippen molar-refractivity contribution in [1.29, 1.82) is 0 Å². The highest BCUT2D eigenvalue weighted by molar-refractivity contribution is 6.31. The SMILES string of the molecule is CN(C)Cc1c(-c2ccccc2)c2cc(Cl)ccc2n1CCN. The van der Waals surface area contributed by atoms with Crippen LogP contribution in [0.2, 0.25) is 5.02 Å². The molecule has 0 radical (unpaired) electrons. The minimum Gasteiger partial charge on any atom is -0.341 e. The molecule has 3 rings (SSSR count). The van der Waals surface area contributed by atoms with Crippen molar-refractivity contribution in [3.8, 4) is 11.1 Å². The van der Waals surface area contributed by atoms with Gasteiger partial charge in [-0.15, -0.1) is 0 Å². The lowest BCUT2D eigenvalue weighted by molar-refractivity contribution is 0.389. The summed E-state index contributed by atoms with van der Waals surface area (Å²) in [5.41, 5.74) is 10.8. The standard InChI is InChI=1S/C19H22ClN3/c1-22(2)13-18-19(14-6-4-3-5-7-14)16-12-15(20)8-9-17(16)23(18)11-10-21/h3-9,12H,10-11,13,21H2,1-2H3. The van der Waals surface area contributed by atoms with E-state index in [1.165, 1.54) is 27.7 Å². The predicted octanol–water partition coefficient (Wildman–Crippen LogP) is 3.98. The van der Waals surface area contributed by atoms with Crippen LogP contribution < -0.4 is 5.73 Å². The van der Waals surface area contributed by atoms with E-state index in [4.69, 9.17) is 17.3 Å². The highest BCUT2D eigenvalue weighted by Gasteiger charge is 2.18. The van der Waals surface area contributed by atoms with Gasteiger partial charge in [0.2, 0.25) is 0 Å². The maximum atomic E-state index is 6.28. The Balaban J connectivity index is 2.35. The Bertz CT molecular complexity index is 806. The summed E-state index contributed by atoms with van der Waals surface area (Å²) < 4.78 is 2.33. The molecule has 0 saturated carbocycles. The summed E-state index contributed by atoms with van der Waals surface area (Å²) in [6, 6.07) is 16.6. The predicted molar refractivity (Wildman–Crippen MR) is 98.8 cm³/mol. The number of halogens is 1. The average Bonchev–Trinajstić information content (AvgIpc) is 2.81. The van der Waals surface area contributed by atoms with E-state index >= 15 is 0 Å². The number of aromatic nitrogens is 1. The fourth-order valence-electron chi connectivity index (χ4n) is 3.16. The Labute approximate surface area is 142 Å². The van der Waals surface area contributed by atoms with Crippen LogP contribution in [0, 0.1) is 0 Å². The summed E-state index contributed by atoms with van der Waals surface area (Å²) >= 11 is 6.28. The van der Waals surface area contributed by atoms with Gasteiger partial charge >= 0.3 is 0 Å². The zero-order chi connectivity index (χ0) is 16.4. The van der Waals surface area contributed by atoms with Gasteiger partial charge in [-0.2, -0.15) is 0 Å². The van der Waals surface area contributed by atoms with Crippen LogP contribution in [0.1, 0.15) is 5.69 Å².